The van der Waals surface area contributed by atoms with E-state index in [9.17, 15) is 18.3 Å². The van der Waals surface area contributed by atoms with Crippen molar-refractivity contribution < 1.29 is 32.5 Å². The van der Waals surface area contributed by atoms with Gasteiger partial charge in [-0.1, -0.05) is 24.3 Å². The van der Waals surface area contributed by atoms with E-state index < -0.39 is 29.8 Å². The predicted molar refractivity (Wildman–Crippen MR) is 110 cm³/mol. The summed E-state index contributed by atoms with van der Waals surface area (Å²) in [4.78, 5) is 0. The Balaban J connectivity index is 1.52. The van der Waals surface area contributed by atoms with Gasteiger partial charge in [0.15, 0.2) is 29.5 Å². The average Bonchev–Trinajstić information content (AvgIpc) is 2.76. The van der Waals surface area contributed by atoms with Gasteiger partial charge in [-0.3, -0.25) is 0 Å². The van der Waals surface area contributed by atoms with E-state index in [2.05, 4.69) is 6.58 Å². The predicted octanol–water partition coefficient (Wildman–Crippen LogP) is 5.20. The molecule has 0 aromatic heterocycles. The summed E-state index contributed by atoms with van der Waals surface area (Å²) in [5.41, 5.74) is 0.873. The number of rotatable bonds is 9. The van der Waals surface area contributed by atoms with Crippen molar-refractivity contribution in [2.24, 2.45) is 0 Å². The fourth-order valence-electron chi connectivity index (χ4n) is 3.44. The van der Waals surface area contributed by atoms with Crippen LogP contribution in [0, 0.1) is 17.5 Å². The van der Waals surface area contributed by atoms with Crippen LogP contribution in [0.15, 0.2) is 43.0 Å². The average molecular weight is 436 g/mol. The molecule has 1 atom stereocenters. The van der Waals surface area contributed by atoms with Gasteiger partial charge in [0, 0.05) is 17.9 Å². The first-order valence-corrected chi connectivity index (χ1v) is 10.3. The van der Waals surface area contributed by atoms with Crippen LogP contribution in [0.2, 0.25) is 0 Å². The van der Waals surface area contributed by atoms with Gasteiger partial charge in [-0.15, -0.1) is 6.58 Å². The van der Waals surface area contributed by atoms with Crippen LogP contribution < -0.4 is 4.74 Å². The molecule has 1 N–H and O–H groups in total. The summed E-state index contributed by atoms with van der Waals surface area (Å²) in [6.45, 7) is 6.01. The van der Waals surface area contributed by atoms with Gasteiger partial charge in [0.05, 0.1) is 25.9 Å². The molecule has 0 aliphatic carbocycles. The molecule has 1 fully saturated rings. The number of ether oxygens (including phenoxy) is 3. The molecule has 2 aromatic carbocycles. The summed E-state index contributed by atoms with van der Waals surface area (Å²) in [7, 11) is 0. The molecule has 3 rings (SSSR count). The van der Waals surface area contributed by atoms with Crippen molar-refractivity contribution in [3.63, 3.8) is 0 Å². The number of hydrogen-bond donors (Lipinski definition) is 1. The fourth-order valence-corrected chi connectivity index (χ4v) is 3.44. The van der Waals surface area contributed by atoms with Crippen molar-refractivity contribution in [3.8, 4) is 5.75 Å². The van der Waals surface area contributed by atoms with Gasteiger partial charge in [0.1, 0.15) is 0 Å². The van der Waals surface area contributed by atoms with Crippen molar-refractivity contribution in [1.82, 2.24) is 0 Å². The maximum absolute atomic E-state index is 14.3. The lowest BCUT2D eigenvalue weighted by Crippen LogP contribution is -2.31. The molecule has 31 heavy (non-hydrogen) atoms. The van der Waals surface area contributed by atoms with E-state index in [0.29, 0.717) is 32.7 Å². The zero-order valence-electron chi connectivity index (χ0n) is 17.5. The Labute approximate surface area is 180 Å². The van der Waals surface area contributed by atoms with E-state index in [1.165, 1.54) is 25.1 Å². The Morgan fingerprint density at radius 3 is 2.55 bits per heavy atom. The summed E-state index contributed by atoms with van der Waals surface area (Å²) in [5, 5.41) is 9.47. The lowest BCUT2D eigenvalue weighted by atomic mass is 9.99. The van der Waals surface area contributed by atoms with Crippen LogP contribution in [0.1, 0.15) is 48.5 Å². The minimum absolute atomic E-state index is 0.0707. The summed E-state index contributed by atoms with van der Waals surface area (Å²) in [6.07, 6.45) is 1.28. The second kappa shape index (κ2) is 10.8. The van der Waals surface area contributed by atoms with Gasteiger partial charge in [-0.25, -0.2) is 13.2 Å². The zero-order chi connectivity index (χ0) is 22.4. The molecule has 0 amide bonds. The first kappa shape index (κ1) is 23.3. The van der Waals surface area contributed by atoms with Gasteiger partial charge in [-0.05, 0) is 43.0 Å². The Morgan fingerprint density at radius 1 is 1.16 bits per heavy atom. The Hall–Kier alpha value is -2.35. The number of aliphatic hydroxyl groups excluding tert-OH is 1. The molecule has 0 radical (unpaired) electrons. The molecule has 0 spiro atoms. The van der Waals surface area contributed by atoms with Crippen LogP contribution in [-0.4, -0.2) is 31.2 Å². The van der Waals surface area contributed by atoms with Crippen LogP contribution >= 0.6 is 0 Å². The summed E-state index contributed by atoms with van der Waals surface area (Å²) in [6, 6.07) is 7.65. The molecular formula is C24H27F3O4. The van der Waals surface area contributed by atoms with E-state index in [4.69, 9.17) is 14.2 Å². The third-order valence-corrected chi connectivity index (χ3v) is 5.27. The van der Waals surface area contributed by atoms with Crippen molar-refractivity contribution in [3.05, 3.63) is 77.1 Å². The second-order valence-corrected chi connectivity index (χ2v) is 7.57. The number of aryl methyl sites for hydroxylation is 1. The van der Waals surface area contributed by atoms with Gasteiger partial charge in [-0.2, -0.15) is 0 Å². The first-order chi connectivity index (χ1) is 14.9. The molecule has 1 saturated heterocycles. The van der Waals surface area contributed by atoms with Gasteiger partial charge < -0.3 is 19.3 Å². The smallest absolute Gasteiger partial charge is 0.165 e. The van der Waals surface area contributed by atoms with Crippen LogP contribution in [0.4, 0.5) is 13.2 Å². The summed E-state index contributed by atoms with van der Waals surface area (Å²) < 4.78 is 59.3. The topological polar surface area (TPSA) is 47.9 Å². The highest BCUT2D eigenvalue weighted by atomic mass is 19.2. The number of hydrogen-bond acceptors (Lipinski definition) is 4. The molecule has 4 nitrogen and oxygen atoms in total. The minimum atomic E-state index is -1.08. The van der Waals surface area contributed by atoms with Crippen molar-refractivity contribution in [1.29, 1.82) is 0 Å². The number of aliphatic hydroxyl groups is 1. The highest BCUT2D eigenvalue weighted by molar-refractivity contribution is 5.32. The maximum Gasteiger partial charge on any atom is 0.165 e. The van der Waals surface area contributed by atoms with Gasteiger partial charge in [0.25, 0.3) is 0 Å². The molecule has 1 unspecified atom stereocenters. The summed E-state index contributed by atoms with van der Waals surface area (Å²) >= 11 is 0. The van der Waals surface area contributed by atoms with Crippen molar-refractivity contribution in [2.45, 2.75) is 44.5 Å². The highest BCUT2D eigenvalue weighted by Crippen LogP contribution is 2.28. The standard InChI is InChI=1S/C24H27F3O4/c1-3-4-11-29-21-9-6-17(12-20(21)25)18-13-30-22(31-14-18)10-7-16-5-8-19(15(2)28)24(27)23(16)26/h3,5-6,8-9,12,15,18,22,28H,1,4,7,10-11,13-14H2,2H3. The van der Waals surface area contributed by atoms with Crippen LogP contribution in [0.3, 0.4) is 0 Å². The number of benzene rings is 2. The fraction of sp³-hybridized carbons (Fsp3) is 0.417. The maximum atomic E-state index is 14.3. The molecule has 0 bridgehead atoms. The van der Waals surface area contributed by atoms with E-state index in [1.807, 2.05) is 0 Å². The Morgan fingerprint density at radius 2 is 1.90 bits per heavy atom. The van der Waals surface area contributed by atoms with E-state index in [0.717, 1.165) is 5.56 Å². The normalized spacial score (nSPS) is 19.8. The quantitative estimate of drug-likeness (QED) is 0.434. The van der Waals surface area contributed by atoms with Crippen LogP contribution in [0.5, 0.6) is 5.75 Å². The molecule has 2 aromatic rings. The Bertz CT molecular complexity index is 893. The van der Waals surface area contributed by atoms with Gasteiger partial charge >= 0.3 is 0 Å². The monoisotopic (exact) mass is 436 g/mol. The van der Waals surface area contributed by atoms with Crippen LogP contribution in [0.25, 0.3) is 0 Å². The Kier molecular flexibility index (Phi) is 8.12. The van der Waals surface area contributed by atoms with E-state index >= 15 is 0 Å². The SMILES string of the molecule is C=CCCOc1ccc(C2COC(CCc3ccc(C(C)O)c(F)c3F)OC2)cc1F. The first-order valence-electron chi connectivity index (χ1n) is 10.3. The molecule has 168 valence electrons. The third-order valence-electron chi connectivity index (χ3n) is 5.27. The van der Waals surface area contributed by atoms with Gasteiger partial charge in [0.2, 0.25) is 0 Å². The molecule has 0 saturated carbocycles. The molecule has 7 heteroatoms. The van der Waals surface area contributed by atoms with E-state index in [1.54, 1.807) is 18.2 Å². The molecule has 1 aliphatic rings. The molecular weight excluding hydrogens is 409 g/mol. The highest BCUT2D eigenvalue weighted by Gasteiger charge is 2.25. The third kappa shape index (κ3) is 5.87. The lowest BCUT2D eigenvalue weighted by Gasteiger charge is -2.30. The number of halogens is 3. The molecule has 1 heterocycles. The van der Waals surface area contributed by atoms with Crippen LogP contribution in [-0.2, 0) is 15.9 Å². The molecule has 1 aliphatic heterocycles. The van der Waals surface area contributed by atoms with E-state index in [-0.39, 0.29) is 29.2 Å². The summed E-state index contributed by atoms with van der Waals surface area (Å²) in [5.74, 6) is -2.37. The minimum Gasteiger partial charge on any atom is -0.490 e. The largest absolute Gasteiger partial charge is 0.490 e. The van der Waals surface area contributed by atoms with Crippen molar-refractivity contribution >= 4 is 0 Å². The zero-order valence-corrected chi connectivity index (χ0v) is 17.5. The second-order valence-electron chi connectivity index (χ2n) is 7.57. The lowest BCUT2D eigenvalue weighted by molar-refractivity contribution is -0.189. The van der Waals surface area contributed by atoms with Crippen molar-refractivity contribution in [2.75, 3.05) is 19.8 Å².